The Morgan fingerprint density at radius 3 is 2.69 bits per heavy atom. The Hall–Kier alpha value is -0.790. The highest BCUT2D eigenvalue weighted by Gasteiger charge is 2.13. The molecule has 0 aromatic heterocycles. The van der Waals surface area contributed by atoms with Crippen molar-refractivity contribution in [3.8, 4) is 0 Å². The largest absolute Gasteiger partial charge is 0.480 e. The van der Waals surface area contributed by atoms with E-state index in [0.29, 0.717) is 6.61 Å². The van der Waals surface area contributed by atoms with E-state index in [9.17, 15) is 9.59 Å². The topological polar surface area (TPSA) is 102 Å². The zero-order chi connectivity index (χ0) is 12.6. The number of ether oxygens (including phenoxy) is 1. The van der Waals surface area contributed by atoms with Gasteiger partial charge in [-0.3, -0.25) is 9.59 Å². The molecule has 0 rings (SSSR count). The van der Waals surface area contributed by atoms with Crippen molar-refractivity contribution in [3.05, 3.63) is 0 Å². The average molecular weight is 250 g/mol. The molecule has 16 heavy (non-hydrogen) atoms. The number of carbonyl (C=O) groups excluding carboxylic acids is 1. The molecule has 0 fully saturated rings. The van der Waals surface area contributed by atoms with E-state index in [-0.39, 0.29) is 23.5 Å². The summed E-state index contributed by atoms with van der Waals surface area (Å²) in [6, 6.07) is -0.972. The number of hydrogen-bond donors (Lipinski definition) is 3. The first-order valence-electron chi connectivity index (χ1n) is 4.81. The minimum atomic E-state index is -1.05. The molecule has 6 nitrogen and oxygen atoms in total. The molecule has 4 N–H and O–H groups in total. The first-order valence-corrected chi connectivity index (χ1v) is 5.97. The van der Waals surface area contributed by atoms with Crippen molar-refractivity contribution >= 4 is 23.6 Å². The van der Waals surface area contributed by atoms with Crippen LogP contribution in [0.1, 0.15) is 6.92 Å². The number of hydrogen-bond acceptors (Lipinski definition) is 5. The third kappa shape index (κ3) is 7.49. The zero-order valence-electron chi connectivity index (χ0n) is 9.43. The third-order valence-corrected chi connectivity index (χ3v) is 2.73. The fourth-order valence-electron chi connectivity index (χ4n) is 0.958. The predicted molar refractivity (Wildman–Crippen MR) is 62.4 cm³/mol. The molecule has 0 aliphatic carbocycles. The van der Waals surface area contributed by atoms with Crippen molar-refractivity contribution < 1.29 is 19.4 Å². The van der Waals surface area contributed by atoms with Gasteiger partial charge in [-0.25, -0.2) is 0 Å². The summed E-state index contributed by atoms with van der Waals surface area (Å²) < 4.78 is 4.86. The Kier molecular flexibility index (Phi) is 7.96. The summed E-state index contributed by atoms with van der Waals surface area (Å²) in [6.07, 6.45) is 0. The van der Waals surface area contributed by atoms with E-state index < -0.39 is 12.0 Å². The second kappa shape index (κ2) is 8.37. The minimum absolute atomic E-state index is 0.0498. The molecule has 94 valence electrons. The Bertz CT molecular complexity index is 238. The molecule has 0 bridgehead atoms. The van der Waals surface area contributed by atoms with Crippen LogP contribution in [0.15, 0.2) is 0 Å². The summed E-state index contributed by atoms with van der Waals surface area (Å²) in [5.41, 5.74) is 5.28. The molecule has 0 aliphatic heterocycles. The summed E-state index contributed by atoms with van der Waals surface area (Å²) in [7, 11) is 1.56. The van der Waals surface area contributed by atoms with Gasteiger partial charge < -0.3 is 20.9 Å². The second-order valence-electron chi connectivity index (χ2n) is 3.38. The molecule has 2 atom stereocenters. The number of methoxy groups -OCH3 is 1. The Balaban J connectivity index is 3.62. The van der Waals surface area contributed by atoms with Gasteiger partial charge in [0.25, 0.3) is 0 Å². The van der Waals surface area contributed by atoms with Crippen LogP contribution in [0.4, 0.5) is 0 Å². The molecular formula is C9H18N2O4S. The average Bonchev–Trinajstić information content (AvgIpc) is 2.17. The summed E-state index contributed by atoms with van der Waals surface area (Å²) in [6.45, 7) is 2.28. The number of carbonyl (C=O) groups is 2. The van der Waals surface area contributed by atoms with Gasteiger partial charge in [0.1, 0.15) is 6.04 Å². The molecule has 7 heteroatoms. The normalized spacial score (nSPS) is 14.2. The Morgan fingerprint density at radius 1 is 1.56 bits per heavy atom. The standard InChI is InChI=1S/C9H18N2O4S/c1-6(3-15-2)11-8(12)5-16-4-7(10)9(13)14/h6-7H,3-5,10H2,1-2H3,(H,11,12)(H,13,14)/t6?,7-/m0/s1. The van der Waals surface area contributed by atoms with Gasteiger partial charge in [-0.2, -0.15) is 0 Å². The lowest BCUT2D eigenvalue weighted by Gasteiger charge is -2.12. The molecule has 0 heterocycles. The summed E-state index contributed by atoms with van der Waals surface area (Å²) >= 11 is 1.20. The van der Waals surface area contributed by atoms with Crippen molar-refractivity contribution in [1.29, 1.82) is 0 Å². The van der Waals surface area contributed by atoms with Crippen LogP contribution in [0, 0.1) is 0 Å². The number of rotatable bonds is 8. The quantitative estimate of drug-likeness (QED) is 0.525. The molecule has 0 spiro atoms. The maximum absolute atomic E-state index is 11.3. The van der Waals surface area contributed by atoms with Gasteiger partial charge in [-0.15, -0.1) is 11.8 Å². The first-order chi connectivity index (χ1) is 7.47. The maximum Gasteiger partial charge on any atom is 0.321 e. The van der Waals surface area contributed by atoms with E-state index in [1.807, 2.05) is 6.92 Å². The van der Waals surface area contributed by atoms with Gasteiger partial charge in [0, 0.05) is 18.9 Å². The lowest BCUT2D eigenvalue weighted by atomic mass is 10.3. The van der Waals surface area contributed by atoms with Crippen molar-refractivity contribution in [2.75, 3.05) is 25.2 Å². The number of nitrogens with two attached hydrogens (primary N) is 1. The zero-order valence-corrected chi connectivity index (χ0v) is 10.3. The van der Waals surface area contributed by atoms with Gasteiger partial charge >= 0.3 is 5.97 Å². The molecule has 0 aromatic carbocycles. The van der Waals surface area contributed by atoms with Crippen LogP contribution in [-0.2, 0) is 14.3 Å². The number of thioether (sulfide) groups is 1. The van der Waals surface area contributed by atoms with E-state index in [2.05, 4.69) is 5.32 Å². The molecule has 0 saturated carbocycles. The summed E-state index contributed by atoms with van der Waals surface area (Å²) in [4.78, 5) is 21.7. The monoisotopic (exact) mass is 250 g/mol. The molecular weight excluding hydrogens is 232 g/mol. The fourth-order valence-corrected chi connectivity index (χ4v) is 1.74. The maximum atomic E-state index is 11.3. The number of aliphatic carboxylic acids is 1. The first kappa shape index (κ1) is 15.2. The van der Waals surface area contributed by atoms with Crippen molar-refractivity contribution in [2.24, 2.45) is 5.73 Å². The highest BCUT2D eigenvalue weighted by Crippen LogP contribution is 2.01. The molecule has 0 aromatic rings. The lowest BCUT2D eigenvalue weighted by molar-refractivity contribution is -0.138. The minimum Gasteiger partial charge on any atom is -0.480 e. The van der Waals surface area contributed by atoms with Crippen molar-refractivity contribution in [2.45, 2.75) is 19.0 Å². The van der Waals surface area contributed by atoms with Crippen molar-refractivity contribution in [1.82, 2.24) is 5.32 Å². The van der Waals surface area contributed by atoms with Crippen LogP contribution in [-0.4, -0.2) is 54.3 Å². The number of carboxylic acid groups (broad SMARTS) is 1. The lowest BCUT2D eigenvalue weighted by Crippen LogP contribution is -2.37. The second-order valence-corrected chi connectivity index (χ2v) is 4.41. The van der Waals surface area contributed by atoms with E-state index in [1.54, 1.807) is 7.11 Å². The SMILES string of the molecule is COCC(C)NC(=O)CSC[C@H](N)C(=O)O. The molecule has 0 saturated heterocycles. The fraction of sp³-hybridized carbons (Fsp3) is 0.778. The molecule has 1 amide bonds. The van der Waals surface area contributed by atoms with E-state index >= 15 is 0 Å². The van der Waals surface area contributed by atoms with Gasteiger partial charge in [-0.05, 0) is 6.92 Å². The number of carboxylic acids is 1. The molecule has 0 aliphatic rings. The van der Waals surface area contributed by atoms with Crippen molar-refractivity contribution in [3.63, 3.8) is 0 Å². The third-order valence-electron chi connectivity index (χ3n) is 1.67. The van der Waals surface area contributed by atoms with Gasteiger partial charge in [0.05, 0.1) is 12.4 Å². The van der Waals surface area contributed by atoms with Gasteiger partial charge in [0.2, 0.25) is 5.91 Å². The number of amides is 1. The molecule has 1 unspecified atom stereocenters. The number of nitrogens with one attached hydrogen (secondary N) is 1. The van der Waals surface area contributed by atoms with Crippen LogP contribution in [0.2, 0.25) is 0 Å². The van der Waals surface area contributed by atoms with Crippen LogP contribution < -0.4 is 11.1 Å². The van der Waals surface area contributed by atoms with E-state index in [1.165, 1.54) is 11.8 Å². The molecule has 0 radical (unpaired) electrons. The summed E-state index contributed by atoms with van der Waals surface area (Å²) in [5.74, 6) is -0.774. The smallest absolute Gasteiger partial charge is 0.321 e. The van der Waals surface area contributed by atoms with Crippen LogP contribution >= 0.6 is 11.8 Å². The summed E-state index contributed by atoms with van der Waals surface area (Å²) in [5, 5.41) is 11.2. The van der Waals surface area contributed by atoms with Gasteiger partial charge in [-0.1, -0.05) is 0 Å². The highest BCUT2D eigenvalue weighted by molar-refractivity contribution is 8.00. The van der Waals surface area contributed by atoms with E-state index in [0.717, 1.165) is 0 Å². The highest BCUT2D eigenvalue weighted by atomic mass is 32.2. The Morgan fingerprint density at radius 2 is 2.19 bits per heavy atom. The predicted octanol–water partition coefficient (Wildman–Crippen LogP) is -0.717. The Labute approximate surface area is 98.9 Å². The van der Waals surface area contributed by atoms with E-state index in [4.69, 9.17) is 15.6 Å². The van der Waals surface area contributed by atoms with Crippen LogP contribution in [0.3, 0.4) is 0 Å². The van der Waals surface area contributed by atoms with Crippen LogP contribution in [0.5, 0.6) is 0 Å². The van der Waals surface area contributed by atoms with Crippen LogP contribution in [0.25, 0.3) is 0 Å². The van der Waals surface area contributed by atoms with Gasteiger partial charge in [0.15, 0.2) is 0 Å².